The molecule has 3 aromatic carbocycles. The molecule has 1 aliphatic rings. The van der Waals surface area contributed by atoms with Crippen molar-refractivity contribution in [2.75, 3.05) is 0 Å². The number of allylic oxidation sites excluding steroid dienone is 1. The first-order valence-corrected chi connectivity index (χ1v) is 12.2. The van der Waals surface area contributed by atoms with Crippen LogP contribution in [0.5, 0.6) is 0 Å². The number of hydrogen-bond acceptors (Lipinski definition) is 2. The predicted octanol–water partition coefficient (Wildman–Crippen LogP) is 6.69. The highest BCUT2D eigenvalue weighted by atomic mass is 32.2. The van der Waals surface area contributed by atoms with Gasteiger partial charge in [-0.15, -0.1) is 6.42 Å². The maximum absolute atomic E-state index is 13.2. The Morgan fingerprint density at radius 2 is 1.59 bits per heavy atom. The zero-order valence-electron chi connectivity index (χ0n) is 18.2. The lowest BCUT2D eigenvalue weighted by Gasteiger charge is -2.32. The molecule has 32 heavy (non-hydrogen) atoms. The van der Waals surface area contributed by atoms with Crippen LogP contribution in [0.2, 0.25) is 0 Å². The van der Waals surface area contributed by atoms with E-state index in [9.17, 15) is 4.79 Å². The normalized spacial score (nSPS) is 17.3. The molecule has 160 valence electrons. The molecule has 0 radical (unpaired) electrons. The van der Waals surface area contributed by atoms with Gasteiger partial charge in [-0.25, -0.2) is 4.79 Å². The molecule has 0 heterocycles. The van der Waals surface area contributed by atoms with Crippen LogP contribution in [0.25, 0.3) is 0 Å². The lowest BCUT2D eigenvalue weighted by molar-refractivity contribution is -0.00294. The molecule has 0 amide bonds. The first kappa shape index (κ1) is 22.0. The monoisotopic (exact) mass is 439 g/mol. The maximum Gasteiger partial charge on any atom is 0.339 e. The maximum atomic E-state index is 13.2. The molecule has 0 saturated heterocycles. The van der Waals surface area contributed by atoms with Gasteiger partial charge in [0.05, 0.1) is 16.5 Å². The van der Waals surface area contributed by atoms with Gasteiger partial charge in [0, 0.05) is 12.0 Å². The van der Waals surface area contributed by atoms with Gasteiger partial charge in [0.2, 0.25) is 0 Å². The standard InChI is InChI=1S/C29H27O2S/c1-3-29(2,24-15-7-4-8-16-24)31-28(30)23-14-13-21-27(22-23)32(25-17-9-5-10-18-25)26-19-11-6-12-20-26/h1,5-7,9-15,17-22,24H,4,8,16H2,2H3/q+1. The van der Waals surface area contributed by atoms with E-state index >= 15 is 0 Å². The van der Waals surface area contributed by atoms with Crippen molar-refractivity contribution in [3.63, 3.8) is 0 Å². The number of hydrogen-bond donors (Lipinski definition) is 0. The summed E-state index contributed by atoms with van der Waals surface area (Å²) in [6, 6.07) is 28.5. The van der Waals surface area contributed by atoms with E-state index in [1.54, 1.807) is 6.07 Å². The van der Waals surface area contributed by atoms with Crippen LogP contribution in [-0.2, 0) is 15.6 Å². The van der Waals surface area contributed by atoms with E-state index < -0.39 is 5.60 Å². The molecule has 0 aliphatic heterocycles. The highest BCUT2D eigenvalue weighted by molar-refractivity contribution is 7.97. The predicted molar refractivity (Wildman–Crippen MR) is 131 cm³/mol. The SMILES string of the molecule is C#CC(C)(OC(=O)c1cccc([S+](c2ccccc2)c2ccccc2)c1)C1C=CCCC1. The average molecular weight is 440 g/mol. The summed E-state index contributed by atoms with van der Waals surface area (Å²) < 4.78 is 5.94. The Labute approximate surface area is 193 Å². The van der Waals surface area contributed by atoms with Crippen LogP contribution in [0.15, 0.2) is 112 Å². The van der Waals surface area contributed by atoms with E-state index in [0.717, 1.165) is 24.2 Å². The van der Waals surface area contributed by atoms with E-state index in [-0.39, 0.29) is 22.8 Å². The van der Waals surface area contributed by atoms with Gasteiger partial charge in [-0.1, -0.05) is 60.5 Å². The van der Waals surface area contributed by atoms with Crippen molar-refractivity contribution in [1.29, 1.82) is 0 Å². The average Bonchev–Trinajstić information content (AvgIpc) is 2.86. The molecule has 0 saturated carbocycles. The second-order valence-electron chi connectivity index (χ2n) is 8.07. The number of esters is 1. The molecular weight excluding hydrogens is 412 g/mol. The van der Waals surface area contributed by atoms with Crippen LogP contribution in [0, 0.1) is 18.3 Å². The Morgan fingerprint density at radius 3 is 2.16 bits per heavy atom. The van der Waals surface area contributed by atoms with Crippen LogP contribution >= 0.6 is 0 Å². The fraction of sp³-hybridized carbons (Fsp3) is 0.207. The van der Waals surface area contributed by atoms with Gasteiger partial charge in [-0.3, -0.25) is 0 Å². The first-order chi connectivity index (χ1) is 15.6. The number of carbonyl (C=O) groups excluding carboxylic acids is 1. The first-order valence-electron chi connectivity index (χ1n) is 10.9. The summed E-state index contributed by atoms with van der Waals surface area (Å²) in [7, 11) is -0.330. The quantitative estimate of drug-likeness (QED) is 0.185. The molecule has 1 aliphatic carbocycles. The molecule has 3 heteroatoms. The van der Waals surface area contributed by atoms with Crippen LogP contribution in [-0.4, -0.2) is 11.6 Å². The Hall–Kier alpha value is -3.22. The van der Waals surface area contributed by atoms with E-state index in [1.807, 2.05) is 55.5 Å². The third-order valence-electron chi connectivity index (χ3n) is 5.82. The van der Waals surface area contributed by atoms with E-state index in [4.69, 9.17) is 11.2 Å². The van der Waals surface area contributed by atoms with Gasteiger partial charge in [0.15, 0.2) is 20.3 Å². The van der Waals surface area contributed by atoms with Crippen molar-refractivity contribution in [3.8, 4) is 12.3 Å². The summed E-state index contributed by atoms with van der Waals surface area (Å²) >= 11 is 0. The molecule has 2 unspecified atom stereocenters. The Kier molecular flexibility index (Phi) is 6.83. The highest BCUT2D eigenvalue weighted by Crippen LogP contribution is 2.33. The fourth-order valence-electron chi connectivity index (χ4n) is 4.01. The molecule has 3 aromatic rings. The zero-order chi connectivity index (χ0) is 22.4. The lowest BCUT2D eigenvalue weighted by Crippen LogP contribution is -2.38. The third-order valence-corrected chi connectivity index (χ3v) is 8.03. The number of rotatable bonds is 6. The zero-order valence-corrected chi connectivity index (χ0v) is 19.1. The van der Waals surface area contributed by atoms with E-state index in [1.165, 1.54) is 9.79 Å². The van der Waals surface area contributed by atoms with Gasteiger partial charge in [0.25, 0.3) is 0 Å². The van der Waals surface area contributed by atoms with Crippen LogP contribution in [0.3, 0.4) is 0 Å². The minimum absolute atomic E-state index is 0.0386. The minimum atomic E-state index is -0.954. The molecule has 0 aromatic heterocycles. The van der Waals surface area contributed by atoms with Crippen molar-refractivity contribution in [1.82, 2.24) is 0 Å². The van der Waals surface area contributed by atoms with Crippen molar-refractivity contribution < 1.29 is 9.53 Å². The highest BCUT2D eigenvalue weighted by Gasteiger charge is 2.36. The van der Waals surface area contributed by atoms with Gasteiger partial charge in [-0.2, -0.15) is 0 Å². The van der Waals surface area contributed by atoms with Crippen molar-refractivity contribution in [2.45, 2.75) is 46.5 Å². The van der Waals surface area contributed by atoms with Crippen LogP contribution in [0.1, 0.15) is 36.5 Å². The minimum Gasteiger partial charge on any atom is -0.442 e. The molecule has 2 nitrogen and oxygen atoms in total. The Balaban J connectivity index is 1.66. The molecule has 0 bridgehead atoms. The summed E-state index contributed by atoms with van der Waals surface area (Å²) in [5.74, 6) is 2.41. The second-order valence-corrected chi connectivity index (χ2v) is 10.1. The summed E-state index contributed by atoms with van der Waals surface area (Å²) in [6.45, 7) is 1.84. The second kappa shape index (κ2) is 9.94. The summed E-state index contributed by atoms with van der Waals surface area (Å²) in [5.41, 5.74) is -0.432. The van der Waals surface area contributed by atoms with Gasteiger partial charge in [-0.05, 0) is 62.6 Å². The smallest absolute Gasteiger partial charge is 0.339 e. The van der Waals surface area contributed by atoms with E-state index in [0.29, 0.717) is 5.56 Å². The van der Waals surface area contributed by atoms with Crippen molar-refractivity contribution in [2.24, 2.45) is 5.92 Å². The summed E-state index contributed by atoms with van der Waals surface area (Å²) in [5, 5.41) is 0. The lowest BCUT2D eigenvalue weighted by atomic mass is 9.82. The topological polar surface area (TPSA) is 26.3 Å². The molecule has 0 fully saturated rings. The van der Waals surface area contributed by atoms with Crippen LogP contribution in [0.4, 0.5) is 0 Å². The fourth-order valence-corrected chi connectivity index (χ4v) is 6.14. The third kappa shape index (κ3) is 4.82. The number of terminal acetylenes is 1. The molecule has 0 spiro atoms. The Morgan fingerprint density at radius 1 is 0.969 bits per heavy atom. The van der Waals surface area contributed by atoms with Gasteiger partial charge >= 0.3 is 5.97 Å². The summed E-state index contributed by atoms with van der Waals surface area (Å²) in [6.07, 6.45) is 13.1. The number of benzene rings is 3. The molecule has 0 N–H and O–H groups in total. The summed E-state index contributed by atoms with van der Waals surface area (Å²) in [4.78, 5) is 16.6. The van der Waals surface area contributed by atoms with Gasteiger partial charge in [0.1, 0.15) is 0 Å². The van der Waals surface area contributed by atoms with Crippen LogP contribution < -0.4 is 0 Å². The van der Waals surface area contributed by atoms with Gasteiger partial charge < -0.3 is 4.74 Å². The molecule has 4 rings (SSSR count). The largest absolute Gasteiger partial charge is 0.442 e. The number of ether oxygens (including phenoxy) is 1. The van der Waals surface area contributed by atoms with Crippen molar-refractivity contribution in [3.05, 3.63) is 103 Å². The molecule has 2 atom stereocenters. The van der Waals surface area contributed by atoms with Crippen molar-refractivity contribution >= 4 is 16.9 Å². The van der Waals surface area contributed by atoms with E-state index in [2.05, 4.69) is 48.4 Å². The number of carbonyl (C=O) groups is 1. The Bertz CT molecular complexity index is 1090. The molecular formula is C29H27O2S+.